The zero-order valence-electron chi connectivity index (χ0n) is 7.51. The molecule has 1 heterocycles. The second kappa shape index (κ2) is 3.15. The minimum absolute atomic E-state index is 0.375. The van der Waals surface area contributed by atoms with Crippen LogP contribution >= 0.6 is 0 Å². The molecule has 0 aliphatic carbocycles. The van der Waals surface area contributed by atoms with Crippen LogP contribution in [0.4, 0.5) is 0 Å². The fourth-order valence-electron chi connectivity index (χ4n) is 0.744. The Labute approximate surface area is 71.5 Å². The van der Waals surface area contributed by atoms with E-state index in [9.17, 15) is 4.79 Å². The molecule has 0 atom stereocenters. The number of hydrogen-bond donors (Lipinski definition) is 1. The van der Waals surface area contributed by atoms with E-state index in [1.54, 1.807) is 6.08 Å². The van der Waals surface area contributed by atoms with E-state index in [0.717, 1.165) is 0 Å². The highest BCUT2D eigenvalue weighted by Gasteiger charge is 2.21. The highest BCUT2D eigenvalue weighted by atomic mass is 16.7. The van der Waals surface area contributed by atoms with Gasteiger partial charge in [-0.1, -0.05) is 0 Å². The lowest BCUT2D eigenvalue weighted by Crippen LogP contribution is -2.27. The maximum atomic E-state index is 11.2. The molecule has 0 aromatic heterocycles. The Kier molecular flexibility index (Phi) is 2.38. The maximum absolute atomic E-state index is 11.2. The van der Waals surface area contributed by atoms with Gasteiger partial charge in [0.15, 0.2) is 0 Å². The van der Waals surface area contributed by atoms with Crippen molar-refractivity contribution in [2.75, 3.05) is 6.61 Å². The van der Waals surface area contributed by atoms with Gasteiger partial charge in [0.25, 0.3) is 0 Å². The Morgan fingerprint density at radius 1 is 1.67 bits per heavy atom. The largest absolute Gasteiger partial charge is 0.455 e. The Morgan fingerprint density at radius 3 is 2.75 bits per heavy atom. The number of ether oxygens (including phenoxy) is 1. The first-order chi connectivity index (χ1) is 5.49. The van der Waals surface area contributed by atoms with Crippen molar-refractivity contribution in [3.05, 3.63) is 11.8 Å². The maximum Gasteiger partial charge on any atom is 0.356 e. The molecule has 4 heteroatoms. The smallest absolute Gasteiger partial charge is 0.356 e. The van der Waals surface area contributed by atoms with Gasteiger partial charge in [-0.3, -0.25) is 10.3 Å². The van der Waals surface area contributed by atoms with Crippen LogP contribution in [0.25, 0.3) is 0 Å². The Morgan fingerprint density at radius 2 is 2.33 bits per heavy atom. The summed E-state index contributed by atoms with van der Waals surface area (Å²) in [5.74, 6) is -0.375. The predicted octanol–water partition coefficient (Wildman–Crippen LogP) is 0.747. The van der Waals surface area contributed by atoms with Gasteiger partial charge < -0.3 is 4.74 Å². The van der Waals surface area contributed by atoms with Crippen molar-refractivity contribution in [2.45, 2.75) is 26.4 Å². The van der Waals surface area contributed by atoms with Gasteiger partial charge in [-0.15, -0.1) is 0 Å². The molecule has 0 bridgehead atoms. The van der Waals surface area contributed by atoms with E-state index in [2.05, 4.69) is 5.48 Å². The lowest BCUT2D eigenvalue weighted by atomic mass is 10.2. The van der Waals surface area contributed by atoms with Crippen molar-refractivity contribution in [1.29, 1.82) is 0 Å². The Bertz CT molecular complexity index is 215. The first-order valence-electron chi connectivity index (χ1n) is 3.80. The number of rotatable bonds is 1. The third-order valence-corrected chi connectivity index (χ3v) is 1.17. The second-order valence-electron chi connectivity index (χ2n) is 3.53. The molecule has 12 heavy (non-hydrogen) atoms. The molecule has 0 fully saturated rings. The Hall–Kier alpha value is -1.03. The third kappa shape index (κ3) is 2.54. The highest BCUT2D eigenvalue weighted by Crippen LogP contribution is 2.10. The summed E-state index contributed by atoms with van der Waals surface area (Å²) in [6.07, 6.45) is 1.65. The van der Waals surface area contributed by atoms with E-state index < -0.39 is 5.60 Å². The van der Waals surface area contributed by atoms with Crippen molar-refractivity contribution in [2.24, 2.45) is 0 Å². The molecule has 1 aliphatic heterocycles. The van der Waals surface area contributed by atoms with Crippen molar-refractivity contribution < 1.29 is 14.4 Å². The van der Waals surface area contributed by atoms with E-state index in [-0.39, 0.29) is 5.97 Å². The van der Waals surface area contributed by atoms with Gasteiger partial charge in [0.1, 0.15) is 11.3 Å². The van der Waals surface area contributed by atoms with Crippen LogP contribution in [0.3, 0.4) is 0 Å². The number of esters is 1. The summed E-state index contributed by atoms with van der Waals surface area (Å²) in [4.78, 5) is 16.0. The van der Waals surface area contributed by atoms with E-state index in [1.165, 1.54) is 0 Å². The second-order valence-corrected chi connectivity index (χ2v) is 3.53. The lowest BCUT2D eigenvalue weighted by Gasteiger charge is -2.19. The monoisotopic (exact) mass is 171 g/mol. The molecule has 1 N–H and O–H groups in total. The molecule has 0 saturated heterocycles. The summed E-state index contributed by atoms with van der Waals surface area (Å²) < 4.78 is 5.07. The number of nitrogens with one attached hydrogen (secondary N) is 1. The molecular formula is C8H13NO3. The normalized spacial score (nSPS) is 16.8. The zero-order chi connectivity index (χ0) is 9.19. The molecule has 0 saturated carbocycles. The molecule has 1 rings (SSSR count). The fraction of sp³-hybridized carbons (Fsp3) is 0.625. The van der Waals surface area contributed by atoms with Crippen molar-refractivity contribution in [3.8, 4) is 0 Å². The molecule has 0 radical (unpaired) electrons. The zero-order valence-corrected chi connectivity index (χ0v) is 7.51. The highest BCUT2D eigenvalue weighted by molar-refractivity contribution is 5.88. The minimum atomic E-state index is -0.456. The van der Waals surface area contributed by atoms with Crippen LogP contribution in [0.15, 0.2) is 11.8 Å². The fourth-order valence-corrected chi connectivity index (χ4v) is 0.744. The molecule has 0 spiro atoms. The molecule has 0 amide bonds. The number of carbonyl (C=O) groups is 1. The molecular weight excluding hydrogens is 158 g/mol. The van der Waals surface area contributed by atoms with Crippen molar-refractivity contribution in [3.63, 3.8) is 0 Å². The quantitative estimate of drug-likeness (QED) is 0.591. The first kappa shape index (κ1) is 9.06. The van der Waals surface area contributed by atoms with Gasteiger partial charge >= 0.3 is 5.97 Å². The number of hydrogen-bond acceptors (Lipinski definition) is 4. The van der Waals surface area contributed by atoms with Gasteiger partial charge in [0.05, 0.1) is 6.61 Å². The summed E-state index contributed by atoms with van der Waals surface area (Å²) in [6, 6.07) is 0. The summed E-state index contributed by atoms with van der Waals surface area (Å²) in [7, 11) is 0. The topological polar surface area (TPSA) is 47.6 Å². The molecule has 68 valence electrons. The average molecular weight is 171 g/mol. The summed E-state index contributed by atoms with van der Waals surface area (Å²) in [5.41, 5.74) is 2.39. The number of carbonyl (C=O) groups excluding carboxylic acids is 1. The van der Waals surface area contributed by atoms with Gasteiger partial charge in [-0.05, 0) is 26.8 Å². The number of hydroxylamine groups is 1. The summed E-state index contributed by atoms with van der Waals surface area (Å²) >= 11 is 0. The SMILES string of the molecule is CC(C)(C)OC(=O)C1=CCON1. The molecule has 4 nitrogen and oxygen atoms in total. The summed E-state index contributed by atoms with van der Waals surface area (Å²) in [5, 5.41) is 0. The van der Waals surface area contributed by atoms with E-state index in [0.29, 0.717) is 12.3 Å². The van der Waals surface area contributed by atoms with Crippen LogP contribution in [0.2, 0.25) is 0 Å². The van der Waals surface area contributed by atoms with Crippen LogP contribution in [0, 0.1) is 0 Å². The minimum Gasteiger partial charge on any atom is -0.455 e. The standard InChI is InChI=1S/C8H13NO3/c1-8(2,3)12-7(10)6-4-5-11-9-6/h4,9H,5H2,1-3H3. The Balaban J connectivity index is 2.49. The van der Waals surface area contributed by atoms with Crippen LogP contribution < -0.4 is 5.48 Å². The van der Waals surface area contributed by atoms with Gasteiger partial charge in [-0.25, -0.2) is 4.79 Å². The van der Waals surface area contributed by atoms with Crippen molar-refractivity contribution in [1.82, 2.24) is 5.48 Å². The first-order valence-corrected chi connectivity index (χ1v) is 3.80. The molecule has 0 aromatic rings. The van der Waals surface area contributed by atoms with E-state index in [4.69, 9.17) is 9.57 Å². The van der Waals surface area contributed by atoms with Gasteiger partial charge in [0, 0.05) is 0 Å². The molecule has 0 aromatic carbocycles. The van der Waals surface area contributed by atoms with Gasteiger partial charge in [-0.2, -0.15) is 0 Å². The predicted molar refractivity (Wildman–Crippen MR) is 43.0 cm³/mol. The van der Waals surface area contributed by atoms with Crippen molar-refractivity contribution >= 4 is 5.97 Å². The van der Waals surface area contributed by atoms with E-state index in [1.807, 2.05) is 20.8 Å². The van der Waals surface area contributed by atoms with Crippen LogP contribution in [0.1, 0.15) is 20.8 Å². The van der Waals surface area contributed by atoms with Crippen LogP contribution in [-0.4, -0.2) is 18.2 Å². The summed E-state index contributed by atoms with van der Waals surface area (Å²) in [6.45, 7) is 5.87. The molecule has 1 aliphatic rings. The van der Waals surface area contributed by atoms with Crippen LogP contribution in [-0.2, 0) is 14.4 Å². The van der Waals surface area contributed by atoms with Gasteiger partial charge in [0.2, 0.25) is 0 Å². The third-order valence-electron chi connectivity index (χ3n) is 1.17. The van der Waals surface area contributed by atoms with E-state index >= 15 is 0 Å². The average Bonchev–Trinajstić information content (AvgIpc) is 2.32. The lowest BCUT2D eigenvalue weighted by molar-refractivity contribution is -0.151. The molecule has 0 unspecified atom stereocenters. The van der Waals surface area contributed by atoms with Crippen LogP contribution in [0.5, 0.6) is 0 Å².